The lowest BCUT2D eigenvalue weighted by Gasteiger charge is -2.22. The van der Waals surface area contributed by atoms with Gasteiger partial charge in [-0.3, -0.25) is 0 Å². The van der Waals surface area contributed by atoms with E-state index in [0.29, 0.717) is 6.61 Å². The van der Waals surface area contributed by atoms with Gasteiger partial charge >= 0.3 is 0 Å². The highest BCUT2D eigenvalue weighted by molar-refractivity contribution is 5.40. The summed E-state index contributed by atoms with van der Waals surface area (Å²) in [4.78, 5) is 0. The van der Waals surface area contributed by atoms with Crippen molar-refractivity contribution in [2.24, 2.45) is 0 Å². The van der Waals surface area contributed by atoms with Gasteiger partial charge in [-0.25, -0.2) is 0 Å². The van der Waals surface area contributed by atoms with Crippen molar-refractivity contribution < 1.29 is 5.11 Å². The van der Waals surface area contributed by atoms with Gasteiger partial charge in [0.15, 0.2) is 0 Å². The third kappa shape index (κ3) is 4.13. The van der Waals surface area contributed by atoms with Crippen molar-refractivity contribution in [2.45, 2.75) is 65.7 Å². The average Bonchev–Trinajstić information content (AvgIpc) is 2.25. The van der Waals surface area contributed by atoms with Crippen LogP contribution in [0.1, 0.15) is 62.3 Å². The lowest BCUT2D eigenvalue weighted by atomic mass is 9.83. The Balaban J connectivity index is 2.82. The third-order valence-electron chi connectivity index (χ3n) is 3.65. The van der Waals surface area contributed by atoms with Crippen LogP contribution in [0.3, 0.4) is 0 Å². The highest BCUT2D eigenvalue weighted by atomic mass is 16.2. The zero-order valence-corrected chi connectivity index (χ0v) is 12.6. The molecule has 0 saturated heterocycles. The van der Waals surface area contributed by atoms with Gasteiger partial charge in [-0.05, 0) is 60.8 Å². The van der Waals surface area contributed by atoms with Crippen LogP contribution in [-0.2, 0) is 11.8 Å². The molecule has 1 heteroatoms. The Bertz CT molecular complexity index is 362. The molecule has 0 saturated carbocycles. The molecule has 0 atom stereocenters. The molecule has 0 aliphatic carbocycles. The van der Waals surface area contributed by atoms with Crippen LogP contribution in [0.5, 0.6) is 0 Å². The summed E-state index contributed by atoms with van der Waals surface area (Å²) in [6, 6.07) is 4.68. The van der Waals surface area contributed by atoms with Crippen LogP contribution >= 0.6 is 0 Å². The summed E-state index contributed by atoms with van der Waals surface area (Å²) in [5.41, 5.74) is 6.00. The van der Waals surface area contributed by atoms with Gasteiger partial charge in [0.05, 0.1) is 0 Å². The fraction of sp³-hybridized carbons (Fsp3) is 0.647. The highest BCUT2D eigenvalue weighted by Gasteiger charge is 2.15. The Labute approximate surface area is 112 Å². The molecule has 0 bridgehead atoms. The summed E-state index contributed by atoms with van der Waals surface area (Å²) >= 11 is 0. The lowest BCUT2D eigenvalue weighted by Crippen LogP contribution is -2.12. The Morgan fingerprint density at radius 1 is 0.944 bits per heavy atom. The predicted molar refractivity (Wildman–Crippen MR) is 79.3 cm³/mol. The molecule has 0 aromatic heterocycles. The van der Waals surface area contributed by atoms with E-state index in [1.807, 2.05) is 0 Å². The van der Waals surface area contributed by atoms with E-state index < -0.39 is 0 Å². The summed E-state index contributed by atoms with van der Waals surface area (Å²) in [7, 11) is 0. The standard InChI is InChI=1S/C17H28O/c1-13-11-15(17(3,4)5)12-14(2)16(13)9-7-6-8-10-18/h11-12,18H,6-10H2,1-5H3. The fourth-order valence-corrected chi connectivity index (χ4v) is 2.41. The van der Waals surface area contributed by atoms with Crippen molar-refractivity contribution in [2.75, 3.05) is 6.61 Å². The lowest BCUT2D eigenvalue weighted by molar-refractivity contribution is 0.283. The van der Waals surface area contributed by atoms with E-state index in [0.717, 1.165) is 19.3 Å². The molecule has 0 amide bonds. The summed E-state index contributed by atoms with van der Waals surface area (Å²) in [5, 5.41) is 8.80. The van der Waals surface area contributed by atoms with Gasteiger partial charge in [0.2, 0.25) is 0 Å². The van der Waals surface area contributed by atoms with E-state index in [1.54, 1.807) is 0 Å². The van der Waals surface area contributed by atoms with Crippen LogP contribution in [0.2, 0.25) is 0 Å². The van der Waals surface area contributed by atoms with Gasteiger partial charge in [-0.2, -0.15) is 0 Å². The minimum Gasteiger partial charge on any atom is -0.396 e. The zero-order valence-electron chi connectivity index (χ0n) is 12.6. The van der Waals surface area contributed by atoms with E-state index in [1.165, 1.54) is 28.7 Å². The van der Waals surface area contributed by atoms with Gasteiger partial charge in [-0.1, -0.05) is 39.3 Å². The zero-order chi connectivity index (χ0) is 13.8. The van der Waals surface area contributed by atoms with E-state index in [-0.39, 0.29) is 5.41 Å². The summed E-state index contributed by atoms with van der Waals surface area (Å²) in [5.74, 6) is 0. The molecule has 0 unspecified atom stereocenters. The maximum Gasteiger partial charge on any atom is 0.0431 e. The Kier molecular flexibility index (Phi) is 5.40. The number of hydrogen-bond acceptors (Lipinski definition) is 1. The van der Waals surface area contributed by atoms with E-state index >= 15 is 0 Å². The van der Waals surface area contributed by atoms with Gasteiger partial charge in [0, 0.05) is 6.61 Å². The Morgan fingerprint density at radius 3 is 1.94 bits per heavy atom. The normalized spacial score (nSPS) is 11.9. The van der Waals surface area contributed by atoms with Crippen LogP contribution in [0, 0.1) is 13.8 Å². The first-order valence-corrected chi connectivity index (χ1v) is 7.07. The topological polar surface area (TPSA) is 20.2 Å². The SMILES string of the molecule is Cc1cc(C(C)(C)C)cc(C)c1CCCCCO. The van der Waals surface area contributed by atoms with Gasteiger partial charge < -0.3 is 5.11 Å². The molecule has 0 radical (unpaired) electrons. The minimum absolute atomic E-state index is 0.227. The second-order valence-corrected chi connectivity index (χ2v) is 6.37. The molecular weight excluding hydrogens is 220 g/mol. The van der Waals surface area contributed by atoms with Gasteiger partial charge in [-0.15, -0.1) is 0 Å². The molecule has 102 valence electrons. The first-order valence-electron chi connectivity index (χ1n) is 7.07. The summed E-state index contributed by atoms with van der Waals surface area (Å²) < 4.78 is 0. The Hall–Kier alpha value is -0.820. The molecule has 0 aliphatic rings. The molecule has 1 N–H and O–H groups in total. The molecule has 0 aliphatic heterocycles. The largest absolute Gasteiger partial charge is 0.396 e. The van der Waals surface area contributed by atoms with E-state index in [2.05, 4.69) is 46.8 Å². The fourth-order valence-electron chi connectivity index (χ4n) is 2.41. The minimum atomic E-state index is 0.227. The molecule has 18 heavy (non-hydrogen) atoms. The van der Waals surface area contributed by atoms with E-state index in [4.69, 9.17) is 5.11 Å². The van der Waals surface area contributed by atoms with Gasteiger partial charge in [0.25, 0.3) is 0 Å². The van der Waals surface area contributed by atoms with Crippen LogP contribution in [0.4, 0.5) is 0 Å². The van der Waals surface area contributed by atoms with E-state index in [9.17, 15) is 0 Å². The predicted octanol–water partition coefficient (Wildman–Crippen LogP) is 4.31. The highest BCUT2D eigenvalue weighted by Crippen LogP contribution is 2.27. The van der Waals surface area contributed by atoms with Crippen LogP contribution < -0.4 is 0 Å². The second-order valence-electron chi connectivity index (χ2n) is 6.37. The molecule has 1 aromatic carbocycles. The third-order valence-corrected chi connectivity index (χ3v) is 3.65. The van der Waals surface area contributed by atoms with Crippen molar-refractivity contribution in [3.05, 3.63) is 34.4 Å². The first kappa shape index (κ1) is 15.2. The number of aliphatic hydroxyl groups excluding tert-OH is 1. The van der Waals surface area contributed by atoms with Gasteiger partial charge in [0.1, 0.15) is 0 Å². The second kappa shape index (κ2) is 6.38. The number of rotatable bonds is 5. The number of aryl methyl sites for hydroxylation is 2. The van der Waals surface area contributed by atoms with Crippen molar-refractivity contribution in [3.63, 3.8) is 0 Å². The monoisotopic (exact) mass is 248 g/mol. The van der Waals surface area contributed by atoms with Crippen molar-refractivity contribution in [1.82, 2.24) is 0 Å². The first-order chi connectivity index (χ1) is 8.36. The van der Waals surface area contributed by atoms with Crippen LogP contribution in [0.15, 0.2) is 12.1 Å². The smallest absolute Gasteiger partial charge is 0.0431 e. The molecule has 1 nitrogen and oxygen atoms in total. The molecular formula is C17H28O. The number of hydrogen-bond donors (Lipinski definition) is 1. The van der Waals surface area contributed by atoms with Crippen molar-refractivity contribution in [1.29, 1.82) is 0 Å². The van der Waals surface area contributed by atoms with Crippen molar-refractivity contribution >= 4 is 0 Å². The maximum atomic E-state index is 8.80. The Morgan fingerprint density at radius 2 is 1.50 bits per heavy atom. The molecule has 1 rings (SSSR count). The maximum absolute atomic E-state index is 8.80. The number of benzene rings is 1. The molecule has 1 aromatic rings. The number of aliphatic hydroxyl groups is 1. The molecule has 0 fully saturated rings. The quantitative estimate of drug-likeness (QED) is 0.770. The molecule has 0 heterocycles. The number of unbranched alkanes of at least 4 members (excludes halogenated alkanes) is 2. The van der Waals surface area contributed by atoms with Crippen LogP contribution in [0.25, 0.3) is 0 Å². The summed E-state index contributed by atoms with van der Waals surface area (Å²) in [6.45, 7) is 11.6. The van der Waals surface area contributed by atoms with Crippen LogP contribution in [-0.4, -0.2) is 11.7 Å². The van der Waals surface area contributed by atoms with Crippen molar-refractivity contribution in [3.8, 4) is 0 Å². The average molecular weight is 248 g/mol. The molecule has 0 spiro atoms. The summed E-state index contributed by atoms with van der Waals surface area (Å²) in [6.07, 6.45) is 4.37.